The van der Waals surface area contributed by atoms with Gasteiger partial charge in [0.15, 0.2) is 0 Å². The SMILES string of the molecule is COc1ccc(Oc2c(Cl)cnn(Cc3ccc(C)c4ccccc34)c2=O)cc1. The van der Waals surface area contributed by atoms with E-state index < -0.39 is 5.56 Å². The van der Waals surface area contributed by atoms with Crippen molar-refractivity contribution in [1.82, 2.24) is 9.78 Å². The maximum atomic E-state index is 13.0. The van der Waals surface area contributed by atoms with Crippen LogP contribution in [0.1, 0.15) is 11.1 Å². The Morgan fingerprint density at radius 1 is 0.966 bits per heavy atom. The summed E-state index contributed by atoms with van der Waals surface area (Å²) < 4.78 is 12.3. The highest BCUT2D eigenvalue weighted by Gasteiger charge is 2.14. The van der Waals surface area contributed by atoms with Crippen molar-refractivity contribution in [3.05, 3.63) is 93.4 Å². The first-order valence-corrected chi connectivity index (χ1v) is 9.49. The van der Waals surface area contributed by atoms with E-state index in [1.165, 1.54) is 16.4 Å². The minimum atomic E-state index is -0.391. The summed E-state index contributed by atoms with van der Waals surface area (Å²) >= 11 is 6.20. The summed E-state index contributed by atoms with van der Waals surface area (Å²) in [5, 5.41) is 6.61. The molecule has 0 fully saturated rings. The molecule has 6 heteroatoms. The molecule has 0 saturated carbocycles. The predicted octanol–water partition coefficient (Wildman–Crippen LogP) is 5.21. The van der Waals surface area contributed by atoms with E-state index in [4.69, 9.17) is 21.1 Å². The van der Waals surface area contributed by atoms with Gasteiger partial charge in [0.05, 0.1) is 19.9 Å². The molecule has 0 amide bonds. The lowest BCUT2D eigenvalue weighted by atomic mass is 10.0. The zero-order valence-electron chi connectivity index (χ0n) is 16.1. The molecule has 4 aromatic rings. The van der Waals surface area contributed by atoms with Gasteiger partial charge in [-0.15, -0.1) is 0 Å². The highest BCUT2D eigenvalue weighted by molar-refractivity contribution is 6.31. The summed E-state index contributed by atoms with van der Waals surface area (Å²) in [4.78, 5) is 13.0. The van der Waals surface area contributed by atoms with Gasteiger partial charge in [-0.3, -0.25) is 4.79 Å². The van der Waals surface area contributed by atoms with Gasteiger partial charge in [0, 0.05) is 0 Å². The van der Waals surface area contributed by atoms with Gasteiger partial charge < -0.3 is 9.47 Å². The predicted molar refractivity (Wildman–Crippen MR) is 114 cm³/mol. The van der Waals surface area contributed by atoms with E-state index >= 15 is 0 Å². The molecular weight excluding hydrogens is 388 g/mol. The number of nitrogens with zero attached hydrogens (tertiary/aromatic N) is 2. The van der Waals surface area contributed by atoms with Crippen LogP contribution in [0.4, 0.5) is 0 Å². The third-order valence-corrected chi connectivity index (χ3v) is 5.06. The Hall–Kier alpha value is -3.31. The number of aryl methyl sites for hydroxylation is 1. The van der Waals surface area contributed by atoms with Gasteiger partial charge in [0.25, 0.3) is 0 Å². The van der Waals surface area contributed by atoms with Gasteiger partial charge >= 0.3 is 5.56 Å². The average Bonchev–Trinajstić information content (AvgIpc) is 2.75. The number of hydrogen-bond donors (Lipinski definition) is 0. The number of fused-ring (bicyclic) bond motifs is 1. The van der Waals surface area contributed by atoms with Crippen molar-refractivity contribution in [2.75, 3.05) is 7.11 Å². The lowest BCUT2D eigenvalue weighted by Gasteiger charge is -2.12. The molecule has 29 heavy (non-hydrogen) atoms. The molecule has 5 nitrogen and oxygen atoms in total. The maximum absolute atomic E-state index is 13.0. The first-order chi connectivity index (χ1) is 14.1. The standard InChI is InChI=1S/C23H19ClN2O3/c1-15-7-8-16(20-6-4-3-5-19(15)20)14-26-23(27)22(21(24)13-25-26)29-18-11-9-17(28-2)10-12-18/h3-13H,14H2,1-2H3. The van der Waals surface area contributed by atoms with E-state index in [2.05, 4.69) is 18.1 Å². The summed E-state index contributed by atoms with van der Waals surface area (Å²) in [5.74, 6) is 1.23. The number of methoxy groups -OCH3 is 1. The smallest absolute Gasteiger partial charge is 0.311 e. The first kappa shape index (κ1) is 19.0. The fourth-order valence-corrected chi connectivity index (χ4v) is 3.39. The molecule has 3 aromatic carbocycles. The van der Waals surface area contributed by atoms with Crippen LogP contribution in [0.15, 0.2) is 71.7 Å². The zero-order chi connectivity index (χ0) is 20.4. The Bertz CT molecular complexity index is 1230. The van der Waals surface area contributed by atoms with Crippen molar-refractivity contribution in [3.8, 4) is 17.2 Å². The Morgan fingerprint density at radius 3 is 2.38 bits per heavy atom. The summed E-state index contributed by atoms with van der Waals surface area (Å²) in [6.45, 7) is 2.38. The second-order valence-electron chi connectivity index (χ2n) is 6.65. The van der Waals surface area contributed by atoms with Crippen LogP contribution < -0.4 is 15.0 Å². The number of aromatic nitrogens is 2. The lowest BCUT2D eigenvalue weighted by molar-refractivity contribution is 0.412. The molecular formula is C23H19ClN2O3. The normalized spacial score (nSPS) is 10.9. The highest BCUT2D eigenvalue weighted by atomic mass is 35.5. The molecule has 0 atom stereocenters. The van der Waals surface area contributed by atoms with Crippen LogP contribution in [0.5, 0.6) is 17.2 Å². The average molecular weight is 407 g/mol. The van der Waals surface area contributed by atoms with Gasteiger partial charge in [0.2, 0.25) is 5.75 Å². The van der Waals surface area contributed by atoms with Crippen LogP contribution in [-0.2, 0) is 6.54 Å². The van der Waals surface area contributed by atoms with Crippen molar-refractivity contribution in [3.63, 3.8) is 0 Å². The molecule has 0 aliphatic rings. The Balaban J connectivity index is 1.70. The molecule has 0 unspecified atom stereocenters. The molecule has 1 heterocycles. The summed E-state index contributed by atoms with van der Waals surface area (Å²) in [7, 11) is 1.59. The fourth-order valence-electron chi connectivity index (χ4n) is 3.23. The van der Waals surface area contributed by atoms with Crippen molar-refractivity contribution >= 4 is 22.4 Å². The number of hydrogen-bond acceptors (Lipinski definition) is 4. The molecule has 0 aliphatic carbocycles. The van der Waals surface area contributed by atoms with Gasteiger partial charge in [0.1, 0.15) is 16.5 Å². The molecule has 0 bridgehead atoms. The molecule has 0 N–H and O–H groups in total. The van der Waals surface area contributed by atoms with Crippen molar-refractivity contribution < 1.29 is 9.47 Å². The van der Waals surface area contributed by atoms with Gasteiger partial charge in [-0.25, -0.2) is 4.68 Å². The van der Waals surface area contributed by atoms with Gasteiger partial charge in [-0.05, 0) is 53.1 Å². The molecule has 0 spiro atoms. The second-order valence-corrected chi connectivity index (χ2v) is 7.06. The minimum absolute atomic E-state index is 0.0447. The quantitative estimate of drug-likeness (QED) is 0.456. The Kier molecular flexibility index (Phi) is 5.23. The van der Waals surface area contributed by atoms with Crippen LogP contribution in [0.25, 0.3) is 10.8 Å². The third kappa shape index (κ3) is 3.82. The van der Waals surface area contributed by atoms with Crippen LogP contribution in [0.2, 0.25) is 5.02 Å². The number of halogens is 1. The van der Waals surface area contributed by atoms with E-state index in [0.29, 0.717) is 18.0 Å². The topological polar surface area (TPSA) is 53.4 Å². The van der Waals surface area contributed by atoms with E-state index in [1.807, 2.05) is 30.3 Å². The fraction of sp³-hybridized carbons (Fsp3) is 0.130. The maximum Gasteiger partial charge on any atom is 0.311 e. The van der Waals surface area contributed by atoms with Crippen molar-refractivity contribution in [2.24, 2.45) is 0 Å². The van der Waals surface area contributed by atoms with Crippen LogP contribution in [0.3, 0.4) is 0 Å². The number of ether oxygens (including phenoxy) is 2. The minimum Gasteiger partial charge on any atom is -0.497 e. The number of rotatable bonds is 5. The van der Waals surface area contributed by atoms with Crippen LogP contribution >= 0.6 is 11.6 Å². The monoisotopic (exact) mass is 406 g/mol. The second kappa shape index (κ2) is 7.97. The summed E-state index contributed by atoms with van der Waals surface area (Å²) in [6, 6.07) is 19.1. The van der Waals surface area contributed by atoms with Crippen LogP contribution in [-0.4, -0.2) is 16.9 Å². The molecule has 0 saturated heterocycles. The first-order valence-electron chi connectivity index (χ1n) is 9.11. The lowest BCUT2D eigenvalue weighted by Crippen LogP contribution is -2.24. The molecule has 1 aromatic heterocycles. The van der Waals surface area contributed by atoms with E-state index in [0.717, 1.165) is 16.3 Å². The third-order valence-electron chi connectivity index (χ3n) is 4.79. The summed E-state index contributed by atoms with van der Waals surface area (Å²) in [5.41, 5.74) is 1.79. The zero-order valence-corrected chi connectivity index (χ0v) is 16.8. The molecule has 4 rings (SSSR count). The summed E-state index contributed by atoms with van der Waals surface area (Å²) in [6.07, 6.45) is 1.43. The van der Waals surface area contributed by atoms with Gasteiger partial charge in [-0.2, -0.15) is 5.10 Å². The van der Waals surface area contributed by atoms with Gasteiger partial charge in [-0.1, -0.05) is 48.0 Å². The highest BCUT2D eigenvalue weighted by Crippen LogP contribution is 2.27. The van der Waals surface area contributed by atoms with Crippen molar-refractivity contribution in [1.29, 1.82) is 0 Å². The largest absolute Gasteiger partial charge is 0.497 e. The van der Waals surface area contributed by atoms with E-state index in [-0.39, 0.29) is 10.8 Å². The van der Waals surface area contributed by atoms with Crippen molar-refractivity contribution in [2.45, 2.75) is 13.5 Å². The van der Waals surface area contributed by atoms with Crippen LogP contribution in [0, 0.1) is 6.92 Å². The molecule has 146 valence electrons. The Labute approximate surface area is 173 Å². The molecule has 0 aliphatic heterocycles. The Morgan fingerprint density at radius 2 is 1.66 bits per heavy atom. The number of benzene rings is 3. The van der Waals surface area contributed by atoms with E-state index in [9.17, 15) is 4.79 Å². The van der Waals surface area contributed by atoms with E-state index in [1.54, 1.807) is 31.4 Å². The molecule has 0 radical (unpaired) electrons.